The van der Waals surface area contributed by atoms with Crippen molar-refractivity contribution in [2.75, 3.05) is 11.4 Å². The van der Waals surface area contributed by atoms with Gasteiger partial charge in [0.1, 0.15) is 12.9 Å². The molecule has 3 atom stereocenters. The molecular weight excluding hydrogens is 451 g/mol. The molecule has 4 heterocycles. The molecule has 0 radical (unpaired) electrons. The fourth-order valence-electron chi connectivity index (χ4n) is 5.24. The number of rotatable bonds is 4. The molecule has 2 fully saturated rings. The molecule has 176 valence electrons. The standard InChI is InChI=1S/C22H20F3N7O2/c1-30-10-26-20-18(30)21(33)31(11-27-20)9-17-28-19(29-34-17)16-7-15-6-12(16)8-32(15)14-4-2-13(3-5-14)22(23,24)25/h2-5,10-12,15-16H,6-9H2,1H3/t12-,15?,16+/m0/s1. The van der Waals surface area contributed by atoms with Crippen LogP contribution in [0.2, 0.25) is 0 Å². The first kappa shape index (κ1) is 20.9. The van der Waals surface area contributed by atoms with E-state index in [0.717, 1.165) is 37.2 Å². The molecule has 0 amide bonds. The quantitative estimate of drug-likeness (QED) is 0.452. The van der Waals surface area contributed by atoms with Crippen molar-refractivity contribution < 1.29 is 17.7 Å². The normalized spacial score (nSPS) is 22.2. The third kappa shape index (κ3) is 3.35. The second-order valence-electron chi connectivity index (χ2n) is 8.94. The van der Waals surface area contributed by atoms with E-state index in [1.807, 2.05) is 0 Å². The van der Waals surface area contributed by atoms with Crippen LogP contribution in [0.25, 0.3) is 11.2 Å². The lowest BCUT2D eigenvalue weighted by atomic mass is 9.93. The minimum absolute atomic E-state index is 0.110. The van der Waals surface area contributed by atoms with E-state index in [-0.39, 0.29) is 30.0 Å². The van der Waals surface area contributed by atoms with Crippen molar-refractivity contribution in [3.05, 3.63) is 64.6 Å². The van der Waals surface area contributed by atoms with Crippen LogP contribution < -0.4 is 10.5 Å². The first-order valence-electron chi connectivity index (χ1n) is 10.9. The zero-order valence-corrected chi connectivity index (χ0v) is 18.1. The van der Waals surface area contributed by atoms with Crippen molar-refractivity contribution >= 4 is 16.9 Å². The summed E-state index contributed by atoms with van der Waals surface area (Å²) in [5.74, 6) is 1.33. The van der Waals surface area contributed by atoms with E-state index >= 15 is 0 Å². The molecule has 1 saturated heterocycles. The van der Waals surface area contributed by atoms with E-state index in [4.69, 9.17) is 4.52 Å². The summed E-state index contributed by atoms with van der Waals surface area (Å²) in [5, 5.41) is 4.17. The topological polar surface area (TPSA) is 94.9 Å². The third-order valence-electron chi connectivity index (χ3n) is 6.89. The van der Waals surface area contributed by atoms with Crippen LogP contribution in [0.1, 0.15) is 36.0 Å². The van der Waals surface area contributed by atoms with Crippen LogP contribution in [-0.2, 0) is 19.8 Å². The summed E-state index contributed by atoms with van der Waals surface area (Å²) in [6.45, 7) is 0.837. The van der Waals surface area contributed by atoms with Crippen LogP contribution in [0.3, 0.4) is 0 Å². The Bertz CT molecular complexity index is 1420. The zero-order valence-electron chi connectivity index (χ0n) is 18.1. The highest BCUT2D eigenvalue weighted by atomic mass is 19.4. The molecule has 0 spiro atoms. The predicted molar refractivity (Wildman–Crippen MR) is 114 cm³/mol. The van der Waals surface area contributed by atoms with Crippen molar-refractivity contribution in [3.8, 4) is 0 Å². The van der Waals surface area contributed by atoms with Gasteiger partial charge in [-0.15, -0.1) is 0 Å². The number of piperidine rings is 1. The molecule has 1 aliphatic heterocycles. The van der Waals surface area contributed by atoms with Gasteiger partial charge in [-0.1, -0.05) is 5.16 Å². The molecule has 6 rings (SSSR count). The van der Waals surface area contributed by atoms with E-state index in [0.29, 0.717) is 22.9 Å². The molecule has 2 bridgehead atoms. The van der Waals surface area contributed by atoms with E-state index in [1.165, 1.54) is 29.4 Å². The average molecular weight is 471 g/mol. The van der Waals surface area contributed by atoms with Crippen molar-refractivity contribution in [2.24, 2.45) is 13.0 Å². The summed E-state index contributed by atoms with van der Waals surface area (Å²) >= 11 is 0. The van der Waals surface area contributed by atoms with E-state index in [2.05, 4.69) is 25.0 Å². The highest BCUT2D eigenvalue weighted by Crippen LogP contribution is 2.48. The number of imidazole rings is 1. The molecule has 34 heavy (non-hydrogen) atoms. The SMILES string of the molecule is Cn1cnc2ncn(Cc3nc([C@@H]4CC5C[C@H]4CN5c4ccc(C(F)(F)F)cc4)no3)c(=O)c21. The Morgan fingerprint density at radius 1 is 1.12 bits per heavy atom. The van der Waals surface area contributed by atoms with Gasteiger partial charge in [0.05, 0.1) is 11.9 Å². The number of anilines is 1. The van der Waals surface area contributed by atoms with E-state index in [1.54, 1.807) is 11.6 Å². The molecule has 0 N–H and O–H groups in total. The fourth-order valence-corrected chi connectivity index (χ4v) is 5.24. The fraction of sp³-hybridized carbons (Fsp3) is 0.409. The number of nitrogens with zero attached hydrogens (tertiary/aromatic N) is 7. The second kappa shape index (κ2) is 7.40. The van der Waals surface area contributed by atoms with Gasteiger partial charge >= 0.3 is 6.18 Å². The summed E-state index contributed by atoms with van der Waals surface area (Å²) in [7, 11) is 1.73. The van der Waals surface area contributed by atoms with Gasteiger partial charge in [0.2, 0.25) is 5.89 Å². The lowest BCUT2D eigenvalue weighted by molar-refractivity contribution is -0.137. The molecule has 1 aromatic carbocycles. The van der Waals surface area contributed by atoms with Gasteiger partial charge in [-0.25, -0.2) is 9.97 Å². The smallest absolute Gasteiger partial charge is 0.368 e. The highest BCUT2D eigenvalue weighted by Gasteiger charge is 2.47. The Morgan fingerprint density at radius 2 is 1.88 bits per heavy atom. The maximum absolute atomic E-state index is 12.9. The van der Waals surface area contributed by atoms with Gasteiger partial charge in [0.15, 0.2) is 17.0 Å². The minimum Gasteiger partial charge on any atom is -0.368 e. The maximum Gasteiger partial charge on any atom is 0.416 e. The molecule has 1 aliphatic carbocycles. The Balaban J connectivity index is 1.16. The monoisotopic (exact) mass is 471 g/mol. The molecule has 2 aliphatic rings. The van der Waals surface area contributed by atoms with E-state index in [9.17, 15) is 18.0 Å². The number of hydrogen-bond acceptors (Lipinski definition) is 7. The predicted octanol–water partition coefficient (Wildman–Crippen LogP) is 2.96. The van der Waals surface area contributed by atoms with Crippen molar-refractivity contribution in [2.45, 2.75) is 37.5 Å². The molecule has 1 saturated carbocycles. The largest absolute Gasteiger partial charge is 0.416 e. The van der Waals surface area contributed by atoms with Crippen molar-refractivity contribution in [1.29, 1.82) is 0 Å². The van der Waals surface area contributed by atoms with Gasteiger partial charge in [-0.3, -0.25) is 9.36 Å². The summed E-state index contributed by atoms with van der Waals surface area (Å²) in [6, 6.07) is 5.55. The van der Waals surface area contributed by atoms with Gasteiger partial charge in [-0.2, -0.15) is 18.2 Å². The van der Waals surface area contributed by atoms with E-state index < -0.39 is 11.7 Å². The van der Waals surface area contributed by atoms with Crippen LogP contribution in [0.15, 0.2) is 46.2 Å². The number of aryl methyl sites for hydroxylation is 1. The summed E-state index contributed by atoms with van der Waals surface area (Å²) in [5.41, 5.74) is 0.699. The van der Waals surface area contributed by atoms with Gasteiger partial charge in [0, 0.05) is 31.2 Å². The highest BCUT2D eigenvalue weighted by molar-refractivity contribution is 5.68. The van der Waals surface area contributed by atoms with Gasteiger partial charge in [-0.05, 0) is 43.0 Å². The lowest BCUT2D eigenvalue weighted by Crippen LogP contribution is -2.35. The minimum atomic E-state index is -4.34. The molecule has 3 aromatic heterocycles. The van der Waals surface area contributed by atoms with Crippen molar-refractivity contribution in [1.82, 2.24) is 29.2 Å². The maximum atomic E-state index is 12.9. The second-order valence-corrected chi connectivity index (χ2v) is 8.94. The van der Waals surface area contributed by atoms with Crippen LogP contribution in [0, 0.1) is 5.92 Å². The van der Waals surface area contributed by atoms with Crippen LogP contribution in [-0.4, -0.2) is 41.8 Å². The molecule has 4 aromatic rings. The first-order chi connectivity index (χ1) is 16.3. The van der Waals surface area contributed by atoms with Gasteiger partial charge in [0.25, 0.3) is 5.56 Å². The van der Waals surface area contributed by atoms with Crippen LogP contribution in [0.4, 0.5) is 18.9 Å². The molecule has 1 unspecified atom stereocenters. The molecule has 9 nitrogen and oxygen atoms in total. The zero-order chi connectivity index (χ0) is 23.6. The molecule has 12 heteroatoms. The number of alkyl halides is 3. The summed E-state index contributed by atoms with van der Waals surface area (Å²) in [4.78, 5) is 27.7. The first-order valence-corrected chi connectivity index (χ1v) is 10.9. The van der Waals surface area contributed by atoms with Gasteiger partial charge < -0.3 is 14.0 Å². The summed E-state index contributed by atoms with van der Waals surface area (Å²) in [6.07, 6.45) is 0.343. The molecular formula is C22H20F3N7O2. The third-order valence-corrected chi connectivity index (χ3v) is 6.89. The van der Waals surface area contributed by atoms with Crippen molar-refractivity contribution in [3.63, 3.8) is 0 Å². The Morgan fingerprint density at radius 3 is 2.59 bits per heavy atom. The number of hydrogen-bond donors (Lipinski definition) is 0. The number of benzene rings is 1. The van der Waals surface area contributed by atoms with Crippen LogP contribution >= 0.6 is 0 Å². The Labute approximate surface area is 190 Å². The number of aromatic nitrogens is 6. The number of halogens is 3. The average Bonchev–Trinajstić information content (AvgIpc) is 3.59. The Kier molecular flexibility index (Phi) is 4.55. The lowest BCUT2D eigenvalue weighted by Gasteiger charge is -2.32. The van der Waals surface area contributed by atoms with Crippen LogP contribution in [0.5, 0.6) is 0 Å². The Hall–Kier alpha value is -3.70. The summed E-state index contributed by atoms with van der Waals surface area (Å²) < 4.78 is 47.0. The number of fused-ring (bicyclic) bond motifs is 3.